The van der Waals surface area contributed by atoms with Gasteiger partial charge in [0.15, 0.2) is 5.82 Å². The first-order valence-corrected chi connectivity index (χ1v) is 8.04. The molecule has 3 aromatic rings. The maximum absolute atomic E-state index is 13.7. The molecule has 0 fully saturated rings. The van der Waals surface area contributed by atoms with Crippen LogP contribution in [0.2, 0.25) is 0 Å². The van der Waals surface area contributed by atoms with Crippen molar-refractivity contribution in [3.63, 3.8) is 0 Å². The van der Waals surface area contributed by atoms with E-state index in [9.17, 15) is 26.7 Å². The molecule has 0 saturated heterocycles. The van der Waals surface area contributed by atoms with Gasteiger partial charge in [-0.1, -0.05) is 46.3 Å². The van der Waals surface area contributed by atoms with Crippen molar-refractivity contribution in [3.05, 3.63) is 70.3 Å². The smallest absolute Gasteiger partial charge is 0.285 e. The van der Waals surface area contributed by atoms with Crippen LogP contribution in [0.3, 0.4) is 0 Å². The summed E-state index contributed by atoms with van der Waals surface area (Å²) < 4.78 is 66.5. The number of halogens is 6. The van der Waals surface area contributed by atoms with E-state index < -0.39 is 29.5 Å². The summed E-state index contributed by atoms with van der Waals surface area (Å²) in [6.45, 7) is 0. The second kappa shape index (κ2) is 6.80. The second-order valence-electron chi connectivity index (χ2n) is 5.27. The van der Waals surface area contributed by atoms with Gasteiger partial charge in [0.2, 0.25) is 17.4 Å². The van der Waals surface area contributed by atoms with E-state index in [-0.39, 0.29) is 11.4 Å². The number of nitrogens with zero attached hydrogens (tertiary/aromatic N) is 4. The van der Waals surface area contributed by atoms with Crippen molar-refractivity contribution in [3.8, 4) is 5.82 Å². The van der Waals surface area contributed by atoms with E-state index >= 15 is 0 Å². The first kappa shape index (κ1) is 19.1. The predicted octanol–water partition coefficient (Wildman–Crippen LogP) is 4.31. The Labute approximate surface area is 157 Å². The molecule has 27 heavy (non-hydrogen) atoms. The molecule has 5 nitrogen and oxygen atoms in total. The molecular weight excluding hydrogens is 439 g/mol. The zero-order valence-electron chi connectivity index (χ0n) is 13.1. The van der Waals surface area contributed by atoms with E-state index in [0.29, 0.717) is 9.15 Å². The number of benzene rings is 1. The Kier molecular flexibility index (Phi) is 4.81. The summed E-state index contributed by atoms with van der Waals surface area (Å²) in [7, 11) is 0. The van der Waals surface area contributed by atoms with Crippen LogP contribution in [0.15, 0.2) is 53.1 Å². The minimum atomic E-state index is -5.92. The molecule has 140 valence electrons. The Morgan fingerprint density at radius 1 is 1.04 bits per heavy atom. The SMILES string of the molecule is O=C(c1ccccc1)c1nc(C(F)(F)C(F)(F)F)nn1-c1cc(Br)ccn1. The molecule has 0 aliphatic carbocycles. The molecule has 0 atom stereocenters. The third-order valence-electron chi connectivity index (χ3n) is 3.41. The van der Waals surface area contributed by atoms with E-state index in [1.807, 2.05) is 0 Å². The molecule has 3 rings (SSSR count). The lowest BCUT2D eigenvalue weighted by Gasteiger charge is -2.15. The summed E-state index contributed by atoms with van der Waals surface area (Å²) in [5, 5.41) is 3.24. The van der Waals surface area contributed by atoms with Crippen molar-refractivity contribution in [2.24, 2.45) is 0 Å². The Bertz CT molecular complexity index is 988. The van der Waals surface area contributed by atoms with Crippen molar-refractivity contribution in [1.29, 1.82) is 0 Å². The number of hydrogen-bond acceptors (Lipinski definition) is 4. The highest BCUT2D eigenvalue weighted by Crippen LogP contribution is 2.42. The van der Waals surface area contributed by atoms with Crippen LogP contribution in [-0.2, 0) is 5.92 Å². The molecule has 0 amide bonds. The molecule has 0 N–H and O–H groups in total. The van der Waals surface area contributed by atoms with Crippen molar-refractivity contribution >= 4 is 21.7 Å². The summed E-state index contributed by atoms with van der Waals surface area (Å²) in [5.74, 6) is -8.92. The molecule has 0 unspecified atom stereocenters. The lowest BCUT2D eigenvalue weighted by molar-refractivity contribution is -0.292. The molecule has 2 heterocycles. The number of carbonyl (C=O) groups excluding carboxylic acids is 1. The van der Waals surface area contributed by atoms with E-state index in [4.69, 9.17) is 0 Å². The summed E-state index contributed by atoms with van der Waals surface area (Å²) in [6.07, 6.45) is -4.66. The summed E-state index contributed by atoms with van der Waals surface area (Å²) in [5.41, 5.74) is 0.0445. The Hall–Kier alpha value is -2.69. The van der Waals surface area contributed by atoms with Gasteiger partial charge in [-0.3, -0.25) is 4.79 Å². The number of pyridine rings is 1. The largest absolute Gasteiger partial charge is 0.461 e. The van der Waals surface area contributed by atoms with Gasteiger partial charge in [0.1, 0.15) is 0 Å². The fraction of sp³-hybridized carbons (Fsp3) is 0.125. The van der Waals surface area contributed by atoms with Crippen LogP contribution in [0, 0.1) is 0 Å². The van der Waals surface area contributed by atoms with Crippen molar-refractivity contribution in [2.75, 3.05) is 0 Å². The maximum Gasteiger partial charge on any atom is 0.461 e. The van der Waals surface area contributed by atoms with E-state index in [1.165, 1.54) is 42.6 Å². The van der Waals surface area contributed by atoms with E-state index in [0.717, 1.165) is 0 Å². The average Bonchev–Trinajstić information content (AvgIpc) is 3.07. The summed E-state index contributed by atoms with van der Waals surface area (Å²) in [6, 6.07) is 10.2. The number of carbonyl (C=O) groups is 1. The highest BCUT2D eigenvalue weighted by atomic mass is 79.9. The second-order valence-corrected chi connectivity index (χ2v) is 6.19. The van der Waals surface area contributed by atoms with Gasteiger partial charge in [-0.2, -0.15) is 26.6 Å². The zero-order valence-corrected chi connectivity index (χ0v) is 14.7. The third-order valence-corrected chi connectivity index (χ3v) is 3.90. The lowest BCUT2D eigenvalue weighted by Crippen LogP contribution is -2.35. The fourth-order valence-electron chi connectivity index (χ4n) is 2.11. The molecule has 0 aliphatic heterocycles. The van der Waals surface area contributed by atoms with Crippen LogP contribution in [0.1, 0.15) is 22.0 Å². The van der Waals surface area contributed by atoms with Crippen LogP contribution in [-0.4, -0.2) is 31.7 Å². The first-order chi connectivity index (χ1) is 12.6. The van der Waals surface area contributed by atoms with Crippen LogP contribution in [0.4, 0.5) is 22.0 Å². The van der Waals surface area contributed by atoms with Gasteiger partial charge in [0.25, 0.3) is 0 Å². The van der Waals surface area contributed by atoms with Gasteiger partial charge in [-0.05, 0) is 12.1 Å². The number of hydrogen-bond donors (Lipinski definition) is 0. The Balaban J connectivity index is 2.20. The van der Waals surface area contributed by atoms with Crippen molar-refractivity contribution in [1.82, 2.24) is 19.7 Å². The van der Waals surface area contributed by atoms with E-state index in [2.05, 4.69) is 31.0 Å². The lowest BCUT2D eigenvalue weighted by atomic mass is 10.1. The van der Waals surface area contributed by atoms with Gasteiger partial charge in [-0.15, -0.1) is 5.10 Å². The van der Waals surface area contributed by atoms with Crippen molar-refractivity contribution < 1.29 is 26.7 Å². The highest BCUT2D eigenvalue weighted by molar-refractivity contribution is 9.10. The standard InChI is InChI=1S/C16H8BrF5N4O/c17-10-6-7-23-11(8-10)26-13(12(27)9-4-2-1-3-5-9)24-14(25-26)15(18,19)16(20,21)22/h1-8H. The number of rotatable bonds is 4. The quantitative estimate of drug-likeness (QED) is 0.442. The molecule has 11 heteroatoms. The minimum Gasteiger partial charge on any atom is -0.285 e. The Morgan fingerprint density at radius 2 is 1.70 bits per heavy atom. The number of ketones is 1. The van der Waals surface area contributed by atoms with Gasteiger partial charge in [0.05, 0.1) is 0 Å². The topological polar surface area (TPSA) is 60.7 Å². The zero-order chi connectivity index (χ0) is 19.8. The van der Waals surface area contributed by atoms with Crippen LogP contribution in [0.25, 0.3) is 5.82 Å². The predicted molar refractivity (Wildman–Crippen MR) is 86.7 cm³/mol. The molecule has 1 aromatic carbocycles. The van der Waals surface area contributed by atoms with Crippen LogP contribution >= 0.6 is 15.9 Å². The van der Waals surface area contributed by atoms with Crippen LogP contribution in [0.5, 0.6) is 0 Å². The van der Waals surface area contributed by atoms with Gasteiger partial charge in [0, 0.05) is 16.2 Å². The van der Waals surface area contributed by atoms with Gasteiger partial charge >= 0.3 is 12.1 Å². The molecule has 0 aliphatic rings. The monoisotopic (exact) mass is 446 g/mol. The molecular formula is C16H8BrF5N4O. The molecule has 0 saturated carbocycles. The third kappa shape index (κ3) is 3.59. The van der Waals surface area contributed by atoms with Gasteiger partial charge < -0.3 is 0 Å². The molecule has 0 spiro atoms. The van der Waals surface area contributed by atoms with Crippen molar-refractivity contribution in [2.45, 2.75) is 12.1 Å². The molecule has 2 aromatic heterocycles. The van der Waals surface area contributed by atoms with Crippen LogP contribution < -0.4 is 0 Å². The summed E-state index contributed by atoms with van der Waals surface area (Å²) in [4.78, 5) is 19.7. The first-order valence-electron chi connectivity index (χ1n) is 7.25. The molecule has 0 radical (unpaired) electrons. The average molecular weight is 447 g/mol. The normalized spacial score (nSPS) is 12.2. The number of aromatic nitrogens is 4. The number of alkyl halides is 5. The molecule has 0 bridgehead atoms. The van der Waals surface area contributed by atoms with Gasteiger partial charge in [-0.25, -0.2) is 9.97 Å². The Morgan fingerprint density at radius 3 is 2.30 bits per heavy atom. The summed E-state index contributed by atoms with van der Waals surface area (Å²) >= 11 is 3.13. The fourth-order valence-corrected chi connectivity index (χ4v) is 2.43. The highest BCUT2D eigenvalue weighted by Gasteiger charge is 2.62. The van der Waals surface area contributed by atoms with E-state index in [1.54, 1.807) is 6.07 Å². The minimum absolute atomic E-state index is 0.0445. The maximum atomic E-state index is 13.7.